The van der Waals surface area contributed by atoms with Crippen molar-refractivity contribution >= 4 is 38.2 Å². The van der Waals surface area contributed by atoms with Crippen LogP contribution in [0, 0.1) is 17.1 Å². The van der Waals surface area contributed by atoms with E-state index in [1.54, 1.807) is 60.1 Å². The highest BCUT2D eigenvalue weighted by Gasteiger charge is 2.39. The van der Waals surface area contributed by atoms with E-state index in [1.807, 2.05) is 0 Å². The van der Waals surface area contributed by atoms with Crippen LogP contribution in [0.3, 0.4) is 0 Å². The Hall–Kier alpha value is -3.74. The van der Waals surface area contributed by atoms with Gasteiger partial charge in [-0.25, -0.2) is 17.5 Å². The third-order valence-electron chi connectivity index (χ3n) is 6.28. The first-order valence-corrected chi connectivity index (χ1v) is 13.3. The summed E-state index contributed by atoms with van der Waals surface area (Å²) in [5.41, 5.74) is 2.05. The predicted octanol–water partition coefficient (Wildman–Crippen LogP) is 4.66. The first-order valence-electron chi connectivity index (χ1n) is 11.1. The molecule has 1 atom stereocenters. The summed E-state index contributed by atoms with van der Waals surface area (Å²) >= 11 is 6.46. The van der Waals surface area contributed by atoms with Gasteiger partial charge in [0.05, 0.1) is 44.9 Å². The zero-order valence-electron chi connectivity index (χ0n) is 19.1. The van der Waals surface area contributed by atoms with Crippen molar-refractivity contribution in [1.29, 1.82) is 5.26 Å². The van der Waals surface area contributed by atoms with Crippen molar-refractivity contribution in [3.8, 4) is 23.0 Å². The minimum atomic E-state index is -3.19. The third-order valence-corrected chi connectivity index (χ3v) is 8.52. The number of hydrogen-bond donors (Lipinski definition) is 1. The molecular formula is C26H20ClFN4O3S. The topological polar surface area (TPSA) is 105 Å². The number of benzene rings is 3. The van der Waals surface area contributed by atoms with Crippen molar-refractivity contribution in [2.24, 2.45) is 0 Å². The lowest BCUT2D eigenvalue weighted by molar-refractivity contribution is 0.0915. The van der Waals surface area contributed by atoms with E-state index in [1.165, 1.54) is 12.1 Å². The van der Waals surface area contributed by atoms with Crippen LogP contribution >= 0.6 is 11.6 Å². The van der Waals surface area contributed by atoms with Gasteiger partial charge in [-0.05, 0) is 74.0 Å². The van der Waals surface area contributed by atoms with E-state index < -0.39 is 27.1 Å². The Labute approximate surface area is 212 Å². The Balaban J connectivity index is 1.64. The monoisotopic (exact) mass is 522 g/mol. The number of sulfone groups is 1. The van der Waals surface area contributed by atoms with Gasteiger partial charge in [0.15, 0.2) is 9.84 Å². The summed E-state index contributed by atoms with van der Waals surface area (Å²) in [6, 6.07) is 17.7. The standard InChI is InChI=1S/C26H20ClFN4O3S/c1-26(10-11-36(34,35)15-26)30-25(33)17-3-8-20-23(13-17)32(19-6-4-18(28)5-7-19)31-24(20)21-12-16(14-29)2-9-22(21)27/h2-9,12-13H,10-11,15H2,1H3,(H,30,33)/t26-/m0/s1. The van der Waals surface area contributed by atoms with Gasteiger partial charge < -0.3 is 5.32 Å². The predicted molar refractivity (Wildman–Crippen MR) is 135 cm³/mol. The van der Waals surface area contributed by atoms with Crippen LogP contribution < -0.4 is 5.32 Å². The van der Waals surface area contributed by atoms with Gasteiger partial charge in [0.2, 0.25) is 0 Å². The normalized spacial score (nSPS) is 18.7. The van der Waals surface area contributed by atoms with Crippen LogP contribution in [0.4, 0.5) is 4.39 Å². The summed E-state index contributed by atoms with van der Waals surface area (Å²) in [7, 11) is -3.19. The van der Waals surface area contributed by atoms with Crippen LogP contribution in [0.25, 0.3) is 27.8 Å². The van der Waals surface area contributed by atoms with Crippen molar-refractivity contribution in [1.82, 2.24) is 15.1 Å². The molecule has 10 heteroatoms. The van der Waals surface area contributed by atoms with Crippen LogP contribution in [0.5, 0.6) is 0 Å². The highest BCUT2D eigenvalue weighted by atomic mass is 35.5. The van der Waals surface area contributed by atoms with E-state index >= 15 is 0 Å². The number of carbonyl (C=O) groups is 1. The Morgan fingerprint density at radius 3 is 2.58 bits per heavy atom. The molecule has 1 aliphatic rings. The van der Waals surface area contributed by atoms with Gasteiger partial charge in [-0.2, -0.15) is 10.4 Å². The molecule has 1 saturated heterocycles. The van der Waals surface area contributed by atoms with E-state index in [-0.39, 0.29) is 11.5 Å². The molecule has 36 heavy (non-hydrogen) atoms. The van der Waals surface area contributed by atoms with E-state index in [9.17, 15) is 22.9 Å². The molecule has 0 bridgehead atoms. The summed E-state index contributed by atoms with van der Waals surface area (Å²) in [5.74, 6) is -0.889. The molecule has 0 aliphatic carbocycles. The summed E-state index contributed by atoms with van der Waals surface area (Å²) in [6.07, 6.45) is 0.342. The Bertz CT molecular complexity index is 1680. The molecule has 5 rings (SSSR count). The minimum absolute atomic E-state index is 0.0338. The summed E-state index contributed by atoms with van der Waals surface area (Å²) in [4.78, 5) is 13.1. The number of halogens is 2. The first-order chi connectivity index (χ1) is 17.1. The van der Waals surface area contributed by atoms with Gasteiger partial charge in [-0.1, -0.05) is 11.6 Å². The third kappa shape index (κ3) is 4.45. The number of rotatable bonds is 4. The van der Waals surface area contributed by atoms with E-state index in [4.69, 9.17) is 16.7 Å². The van der Waals surface area contributed by atoms with Crippen LogP contribution in [-0.2, 0) is 9.84 Å². The van der Waals surface area contributed by atoms with E-state index in [0.717, 1.165) is 0 Å². The van der Waals surface area contributed by atoms with Crippen molar-refractivity contribution < 1.29 is 17.6 Å². The summed E-state index contributed by atoms with van der Waals surface area (Å²) in [5, 5.41) is 18.0. The molecule has 1 fully saturated rings. The maximum absolute atomic E-state index is 13.6. The fourth-order valence-electron chi connectivity index (χ4n) is 4.47. The molecule has 0 unspecified atom stereocenters. The molecule has 1 aliphatic heterocycles. The highest BCUT2D eigenvalue weighted by Crippen LogP contribution is 2.35. The van der Waals surface area contributed by atoms with E-state index in [0.29, 0.717) is 50.4 Å². The second kappa shape index (κ2) is 8.73. The zero-order chi connectivity index (χ0) is 25.7. The van der Waals surface area contributed by atoms with Crippen LogP contribution in [0.2, 0.25) is 5.02 Å². The van der Waals surface area contributed by atoms with Crippen molar-refractivity contribution in [2.75, 3.05) is 11.5 Å². The molecule has 0 spiro atoms. The minimum Gasteiger partial charge on any atom is -0.346 e. The molecule has 2 heterocycles. The molecule has 0 saturated carbocycles. The number of fused-ring (bicyclic) bond motifs is 1. The molecule has 4 aromatic rings. The SMILES string of the molecule is C[C@]1(NC(=O)c2ccc3c(-c4cc(C#N)ccc4Cl)nn(-c4ccc(F)cc4)c3c2)CCS(=O)(=O)C1. The average Bonchev–Trinajstić information content (AvgIpc) is 3.35. The second-order valence-corrected chi connectivity index (χ2v) is 11.7. The van der Waals surface area contributed by atoms with Gasteiger partial charge in [0, 0.05) is 16.5 Å². The quantitative estimate of drug-likeness (QED) is 0.419. The maximum Gasteiger partial charge on any atom is 0.251 e. The van der Waals surface area contributed by atoms with Crippen LogP contribution in [0.15, 0.2) is 60.7 Å². The van der Waals surface area contributed by atoms with Crippen LogP contribution in [0.1, 0.15) is 29.3 Å². The largest absolute Gasteiger partial charge is 0.346 e. The molecule has 3 aromatic carbocycles. The Morgan fingerprint density at radius 1 is 1.17 bits per heavy atom. The van der Waals surface area contributed by atoms with Gasteiger partial charge in [0.1, 0.15) is 11.5 Å². The lowest BCUT2D eigenvalue weighted by Gasteiger charge is -2.23. The number of nitrogens with one attached hydrogen (secondary N) is 1. The van der Waals surface area contributed by atoms with Crippen LogP contribution in [-0.4, -0.2) is 41.2 Å². The number of carbonyl (C=O) groups excluding carboxylic acids is 1. The molecule has 0 radical (unpaired) electrons. The molecule has 1 N–H and O–H groups in total. The molecule has 7 nitrogen and oxygen atoms in total. The number of nitriles is 1. The van der Waals surface area contributed by atoms with Gasteiger partial charge in [-0.15, -0.1) is 0 Å². The van der Waals surface area contributed by atoms with Gasteiger partial charge >= 0.3 is 0 Å². The average molecular weight is 523 g/mol. The number of aromatic nitrogens is 2. The maximum atomic E-state index is 13.6. The number of amides is 1. The Morgan fingerprint density at radius 2 is 1.92 bits per heavy atom. The lowest BCUT2D eigenvalue weighted by atomic mass is 10.0. The summed E-state index contributed by atoms with van der Waals surface area (Å²) in [6.45, 7) is 1.72. The van der Waals surface area contributed by atoms with Crippen molar-refractivity contribution in [3.05, 3.63) is 82.6 Å². The molecular weight excluding hydrogens is 503 g/mol. The smallest absolute Gasteiger partial charge is 0.251 e. The second-order valence-electron chi connectivity index (χ2n) is 9.13. The lowest BCUT2D eigenvalue weighted by Crippen LogP contribution is -2.46. The fourth-order valence-corrected chi connectivity index (χ4v) is 6.77. The fraction of sp³-hybridized carbons (Fsp3) is 0.192. The first kappa shape index (κ1) is 24.0. The summed E-state index contributed by atoms with van der Waals surface area (Å²) < 4.78 is 39.1. The highest BCUT2D eigenvalue weighted by molar-refractivity contribution is 7.91. The Kier molecular flexibility index (Phi) is 5.81. The molecule has 182 valence electrons. The van der Waals surface area contributed by atoms with E-state index in [2.05, 4.69) is 11.4 Å². The van der Waals surface area contributed by atoms with Crippen molar-refractivity contribution in [3.63, 3.8) is 0 Å². The number of hydrogen-bond acceptors (Lipinski definition) is 5. The van der Waals surface area contributed by atoms with Crippen molar-refractivity contribution in [2.45, 2.75) is 18.9 Å². The van der Waals surface area contributed by atoms with Gasteiger partial charge in [0.25, 0.3) is 5.91 Å². The molecule has 1 amide bonds. The zero-order valence-corrected chi connectivity index (χ0v) is 20.7. The molecule has 1 aromatic heterocycles. The number of nitrogens with zero attached hydrogens (tertiary/aromatic N) is 3. The van der Waals surface area contributed by atoms with Gasteiger partial charge in [-0.3, -0.25) is 4.79 Å².